The van der Waals surface area contributed by atoms with Gasteiger partial charge in [-0.2, -0.15) is 13.5 Å². The fraction of sp³-hybridized carbons (Fsp3) is 0.900. The average Bonchev–Trinajstić information content (AvgIpc) is 2.21. The van der Waals surface area contributed by atoms with Gasteiger partial charge in [-0.05, 0) is 12.8 Å². The highest BCUT2D eigenvalue weighted by molar-refractivity contribution is 7.89. The Morgan fingerprint density at radius 2 is 1.61 bits per heavy atom. The molecule has 0 heterocycles. The van der Waals surface area contributed by atoms with Crippen molar-refractivity contribution < 1.29 is 17.2 Å². The van der Waals surface area contributed by atoms with Gasteiger partial charge in [0.1, 0.15) is 5.84 Å². The van der Waals surface area contributed by atoms with Gasteiger partial charge in [-0.3, -0.25) is 5.41 Å². The fourth-order valence-electron chi connectivity index (χ4n) is 2.25. The zero-order valence-corrected chi connectivity index (χ0v) is 10.9. The van der Waals surface area contributed by atoms with E-state index in [0.29, 0.717) is 25.7 Å². The number of amidine groups is 1. The SMILES string of the molecule is N=C(N)C1(NS(=O)(=O)C(F)F)CCCCCCC1. The Labute approximate surface area is 106 Å². The van der Waals surface area contributed by atoms with E-state index in [2.05, 4.69) is 0 Å². The number of rotatable bonds is 4. The summed E-state index contributed by atoms with van der Waals surface area (Å²) in [5, 5.41) is 7.53. The molecule has 1 saturated carbocycles. The summed E-state index contributed by atoms with van der Waals surface area (Å²) in [6.07, 6.45) is 4.77. The minimum Gasteiger partial charge on any atom is -0.386 e. The molecule has 0 radical (unpaired) electrons. The molecule has 8 heteroatoms. The molecule has 0 unspecified atom stereocenters. The van der Waals surface area contributed by atoms with Crippen LogP contribution in [0.2, 0.25) is 0 Å². The van der Waals surface area contributed by atoms with E-state index in [0.717, 1.165) is 19.3 Å². The first kappa shape index (κ1) is 15.3. The number of hydrogen-bond acceptors (Lipinski definition) is 3. The molecular weight excluding hydrogens is 264 g/mol. The zero-order valence-electron chi connectivity index (χ0n) is 10.1. The summed E-state index contributed by atoms with van der Waals surface area (Å²) in [6, 6.07) is 0. The molecule has 1 rings (SSSR count). The standard InChI is InChI=1S/C10H19F2N3O2S/c11-9(12)18(16,17)15-10(8(13)14)6-4-2-1-3-5-7-10/h9,15H,1-7H2,(H3,13,14). The fourth-order valence-corrected chi connectivity index (χ4v) is 3.20. The summed E-state index contributed by atoms with van der Waals surface area (Å²) in [7, 11) is -4.73. The Balaban J connectivity index is 2.95. The van der Waals surface area contributed by atoms with Crippen molar-refractivity contribution in [1.82, 2.24) is 4.72 Å². The van der Waals surface area contributed by atoms with Gasteiger partial charge in [0.05, 0.1) is 5.54 Å². The van der Waals surface area contributed by atoms with Crippen LogP contribution in [0, 0.1) is 5.41 Å². The molecule has 1 aliphatic carbocycles. The summed E-state index contributed by atoms with van der Waals surface area (Å²) >= 11 is 0. The Bertz CT molecular complexity index is 390. The highest BCUT2D eigenvalue weighted by Crippen LogP contribution is 2.28. The second kappa shape index (κ2) is 5.92. The topological polar surface area (TPSA) is 96.0 Å². The zero-order chi connectivity index (χ0) is 13.8. The van der Waals surface area contributed by atoms with Crippen LogP contribution in [0.5, 0.6) is 0 Å². The van der Waals surface area contributed by atoms with Crippen molar-refractivity contribution in [3.8, 4) is 0 Å². The highest BCUT2D eigenvalue weighted by Gasteiger charge is 2.40. The normalized spacial score (nSPS) is 21.3. The second-order valence-corrected chi connectivity index (χ2v) is 6.32. The molecule has 0 aromatic heterocycles. The average molecular weight is 283 g/mol. The van der Waals surface area contributed by atoms with E-state index in [1.807, 2.05) is 4.72 Å². The van der Waals surface area contributed by atoms with Crippen molar-refractivity contribution in [3.63, 3.8) is 0 Å². The van der Waals surface area contributed by atoms with Crippen LogP contribution in [-0.2, 0) is 10.0 Å². The summed E-state index contributed by atoms with van der Waals surface area (Å²) in [5.74, 6) is -3.88. The lowest BCUT2D eigenvalue weighted by molar-refractivity contribution is 0.228. The van der Waals surface area contributed by atoms with Crippen molar-refractivity contribution in [1.29, 1.82) is 5.41 Å². The van der Waals surface area contributed by atoms with Gasteiger partial charge in [0.25, 0.3) is 10.0 Å². The van der Waals surface area contributed by atoms with E-state index in [1.54, 1.807) is 0 Å². The third-order valence-electron chi connectivity index (χ3n) is 3.29. The van der Waals surface area contributed by atoms with E-state index in [4.69, 9.17) is 11.1 Å². The quantitative estimate of drug-likeness (QED) is 0.539. The predicted molar refractivity (Wildman–Crippen MR) is 65.0 cm³/mol. The van der Waals surface area contributed by atoms with Crippen LogP contribution in [0.15, 0.2) is 0 Å². The number of halogens is 2. The minimum absolute atomic E-state index is 0.300. The van der Waals surface area contributed by atoms with E-state index in [9.17, 15) is 17.2 Å². The lowest BCUT2D eigenvalue weighted by Crippen LogP contribution is -2.58. The van der Waals surface area contributed by atoms with Gasteiger partial charge in [-0.1, -0.05) is 32.1 Å². The Morgan fingerprint density at radius 1 is 1.17 bits per heavy atom. The minimum atomic E-state index is -4.73. The first-order valence-corrected chi connectivity index (χ1v) is 7.50. The number of sulfonamides is 1. The highest BCUT2D eigenvalue weighted by atomic mass is 32.2. The molecule has 0 aromatic carbocycles. The van der Waals surface area contributed by atoms with Gasteiger partial charge in [-0.15, -0.1) is 0 Å². The Morgan fingerprint density at radius 3 is 2.00 bits per heavy atom. The third-order valence-corrected chi connectivity index (χ3v) is 4.44. The molecule has 5 nitrogen and oxygen atoms in total. The molecule has 1 fully saturated rings. The summed E-state index contributed by atoms with van der Waals surface area (Å²) in [6.45, 7) is 0. The van der Waals surface area contributed by atoms with E-state index >= 15 is 0 Å². The van der Waals surface area contributed by atoms with Crippen molar-refractivity contribution in [2.45, 2.75) is 56.2 Å². The Kier molecular flexibility index (Phi) is 5.03. The molecular formula is C10H19F2N3O2S. The lowest BCUT2D eigenvalue weighted by atomic mass is 9.84. The summed E-state index contributed by atoms with van der Waals surface area (Å²) in [4.78, 5) is 0. The van der Waals surface area contributed by atoms with E-state index in [-0.39, 0.29) is 5.84 Å². The molecule has 0 spiro atoms. The van der Waals surface area contributed by atoms with Crippen LogP contribution >= 0.6 is 0 Å². The van der Waals surface area contributed by atoms with Gasteiger partial charge in [0.15, 0.2) is 0 Å². The van der Waals surface area contributed by atoms with Gasteiger partial charge in [0.2, 0.25) is 0 Å². The lowest BCUT2D eigenvalue weighted by Gasteiger charge is -2.34. The van der Waals surface area contributed by atoms with Crippen molar-refractivity contribution >= 4 is 15.9 Å². The molecule has 0 amide bonds. The van der Waals surface area contributed by atoms with Crippen LogP contribution in [0.1, 0.15) is 44.9 Å². The van der Waals surface area contributed by atoms with Crippen LogP contribution in [0.25, 0.3) is 0 Å². The van der Waals surface area contributed by atoms with Crippen LogP contribution in [-0.4, -0.2) is 25.5 Å². The van der Waals surface area contributed by atoms with Gasteiger partial charge in [0, 0.05) is 0 Å². The van der Waals surface area contributed by atoms with Crippen molar-refractivity contribution in [2.24, 2.45) is 5.73 Å². The van der Waals surface area contributed by atoms with Gasteiger partial charge >= 0.3 is 5.76 Å². The van der Waals surface area contributed by atoms with Gasteiger partial charge in [-0.25, -0.2) is 8.42 Å². The maximum atomic E-state index is 12.4. The molecule has 0 aliphatic heterocycles. The summed E-state index contributed by atoms with van der Waals surface area (Å²) < 4.78 is 49.4. The van der Waals surface area contributed by atoms with Crippen LogP contribution < -0.4 is 10.5 Å². The number of nitrogens with one attached hydrogen (secondary N) is 2. The first-order chi connectivity index (χ1) is 8.30. The van der Waals surface area contributed by atoms with Crippen LogP contribution in [0.3, 0.4) is 0 Å². The first-order valence-electron chi connectivity index (χ1n) is 5.96. The third kappa shape index (κ3) is 3.61. The smallest absolute Gasteiger partial charge is 0.350 e. The van der Waals surface area contributed by atoms with Crippen molar-refractivity contribution in [2.75, 3.05) is 0 Å². The molecule has 106 valence electrons. The van der Waals surface area contributed by atoms with Gasteiger partial charge < -0.3 is 5.73 Å². The molecule has 18 heavy (non-hydrogen) atoms. The van der Waals surface area contributed by atoms with E-state index in [1.165, 1.54) is 0 Å². The molecule has 0 atom stereocenters. The summed E-state index contributed by atoms with van der Waals surface area (Å²) in [5.41, 5.74) is 4.10. The number of nitrogens with two attached hydrogens (primary N) is 1. The molecule has 4 N–H and O–H groups in total. The largest absolute Gasteiger partial charge is 0.386 e. The van der Waals surface area contributed by atoms with Crippen LogP contribution in [0.4, 0.5) is 8.78 Å². The maximum Gasteiger partial charge on any atom is 0.350 e. The number of hydrogen-bond donors (Lipinski definition) is 3. The maximum absolute atomic E-state index is 12.4. The second-order valence-electron chi connectivity index (χ2n) is 4.67. The van der Waals surface area contributed by atoms with Crippen molar-refractivity contribution in [3.05, 3.63) is 0 Å². The predicted octanol–water partition coefficient (Wildman–Crippen LogP) is 1.55. The monoisotopic (exact) mass is 283 g/mol. The molecule has 0 saturated heterocycles. The van der Waals surface area contributed by atoms with E-state index < -0.39 is 21.3 Å². The Hall–Kier alpha value is -0.760. The molecule has 0 bridgehead atoms. The number of alkyl halides is 2. The molecule has 0 aromatic rings. The molecule has 1 aliphatic rings.